The fraction of sp³-hybridized carbons (Fsp3) is 0.412. The van der Waals surface area contributed by atoms with Crippen LogP contribution in [0.2, 0.25) is 0 Å². The van der Waals surface area contributed by atoms with E-state index in [2.05, 4.69) is 36.1 Å². The van der Waals surface area contributed by atoms with Crippen LogP contribution in [0.5, 0.6) is 11.5 Å². The zero-order chi connectivity index (χ0) is 16.0. The number of rotatable bonds is 6. The molecule has 2 aromatic rings. The van der Waals surface area contributed by atoms with E-state index in [1.807, 2.05) is 30.3 Å². The van der Waals surface area contributed by atoms with Crippen molar-refractivity contribution in [3.8, 4) is 11.5 Å². The van der Waals surface area contributed by atoms with Gasteiger partial charge in [-0.25, -0.2) is 9.97 Å². The normalized spacial score (nSPS) is 11.1. The Morgan fingerprint density at radius 2 is 1.91 bits per heavy atom. The highest BCUT2D eigenvalue weighted by molar-refractivity contribution is 5.34. The second-order valence-electron chi connectivity index (χ2n) is 5.97. The van der Waals surface area contributed by atoms with Crippen LogP contribution in [0, 0.1) is 0 Å². The summed E-state index contributed by atoms with van der Waals surface area (Å²) in [6.45, 7) is 7.49. The number of nitrogens with one attached hydrogen (secondary N) is 1. The quantitative estimate of drug-likeness (QED) is 0.830. The zero-order valence-corrected chi connectivity index (χ0v) is 13.6. The molecule has 1 aromatic carbocycles. The van der Waals surface area contributed by atoms with Gasteiger partial charge in [-0.15, -0.1) is 0 Å². The van der Waals surface area contributed by atoms with Crippen LogP contribution >= 0.6 is 0 Å². The summed E-state index contributed by atoms with van der Waals surface area (Å²) in [4.78, 5) is 8.83. The summed E-state index contributed by atoms with van der Waals surface area (Å²) in [6, 6.07) is 9.43. The molecule has 0 aliphatic carbocycles. The fourth-order valence-electron chi connectivity index (χ4n) is 1.86. The first-order chi connectivity index (χ1) is 10.5. The van der Waals surface area contributed by atoms with Gasteiger partial charge >= 0.3 is 0 Å². The first-order valence-corrected chi connectivity index (χ1v) is 7.33. The first kappa shape index (κ1) is 16.1. The lowest BCUT2D eigenvalue weighted by atomic mass is 9.96. The molecule has 0 spiro atoms. The highest BCUT2D eigenvalue weighted by Gasteiger charge is 2.17. The van der Waals surface area contributed by atoms with Crippen molar-refractivity contribution in [3.05, 3.63) is 42.4 Å². The number of methoxy groups -OCH3 is 1. The molecule has 1 aromatic heterocycles. The topological polar surface area (TPSA) is 56.3 Å². The van der Waals surface area contributed by atoms with Crippen LogP contribution in [0.15, 0.2) is 36.5 Å². The Kier molecular flexibility index (Phi) is 5.20. The Morgan fingerprint density at radius 1 is 1.14 bits per heavy atom. The lowest BCUT2D eigenvalue weighted by molar-refractivity contribution is 0.329. The van der Waals surface area contributed by atoms with Crippen LogP contribution in [0.4, 0.5) is 5.82 Å². The van der Waals surface area contributed by atoms with E-state index in [0.717, 1.165) is 23.1 Å². The van der Waals surface area contributed by atoms with E-state index in [0.29, 0.717) is 13.2 Å². The molecule has 0 saturated carbocycles. The van der Waals surface area contributed by atoms with Gasteiger partial charge in [-0.05, 0) is 18.2 Å². The standard InChI is InChI=1S/C17H23N3O2/c1-17(2,3)16-19-9-8-15(20-16)18-10-11-22-14-7-5-6-13(12-14)21-4/h5-9,12H,10-11H2,1-4H3,(H,18,19,20). The molecule has 0 atom stereocenters. The average Bonchev–Trinajstić information content (AvgIpc) is 2.51. The predicted molar refractivity (Wildman–Crippen MR) is 87.7 cm³/mol. The summed E-state index contributed by atoms with van der Waals surface area (Å²) < 4.78 is 10.8. The Labute approximate surface area is 131 Å². The molecule has 0 unspecified atom stereocenters. The molecule has 0 radical (unpaired) electrons. The summed E-state index contributed by atoms with van der Waals surface area (Å²) in [6.07, 6.45) is 1.78. The van der Waals surface area contributed by atoms with Gasteiger partial charge in [0.2, 0.25) is 0 Å². The van der Waals surface area contributed by atoms with Crippen LogP contribution in [0.25, 0.3) is 0 Å². The van der Waals surface area contributed by atoms with Crippen molar-refractivity contribution in [2.75, 3.05) is 25.6 Å². The number of ether oxygens (including phenoxy) is 2. The third-order valence-corrected chi connectivity index (χ3v) is 3.04. The van der Waals surface area contributed by atoms with Crippen molar-refractivity contribution in [1.29, 1.82) is 0 Å². The molecule has 5 heteroatoms. The number of hydrogen-bond acceptors (Lipinski definition) is 5. The highest BCUT2D eigenvalue weighted by atomic mass is 16.5. The predicted octanol–water partition coefficient (Wildman–Crippen LogP) is 3.27. The van der Waals surface area contributed by atoms with Gasteiger partial charge in [-0.2, -0.15) is 0 Å². The highest BCUT2D eigenvalue weighted by Crippen LogP contribution is 2.19. The first-order valence-electron chi connectivity index (χ1n) is 7.33. The third-order valence-electron chi connectivity index (χ3n) is 3.04. The van der Waals surface area contributed by atoms with Gasteiger partial charge < -0.3 is 14.8 Å². The van der Waals surface area contributed by atoms with Crippen molar-refractivity contribution in [2.24, 2.45) is 0 Å². The Hall–Kier alpha value is -2.30. The average molecular weight is 301 g/mol. The van der Waals surface area contributed by atoms with Crippen molar-refractivity contribution in [2.45, 2.75) is 26.2 Å². The summed E-state index contributed by atoms with van der Waals surface area (Å²) in [7, 11) is 1.64. The third kappa shape index (κ3) is 4.62. The van der Waals surface area contributed by atoms with Gasteiger partial charge in [0.25, 0.3) is 0 Å². The maximum Gasteiger partial charge on any atom is 0.135 e. The van der Waals surface area contributed by atoms with Crippen LogP contribution in [0.3, 0.4) is 0 Å². The fourth-order valence-corrected chi connectivity index (χ4v) is 1.86. The molecule has 1 heterocycles. The minimum atomic E-state index is -0.0607. The maximum atomic E-state index is 5.68. The second kappa shape index (κ2) is 7.11. The zero-order valence-electron chi connectivity index (χ0n) is 13.6. The number of aromatic nitrogens is 2. The molecule has 0 aliphatic rings. The number of benzene rings is 1. The second-order valence-corrected chi connectivity index (χ2v) is 5.97. The van der Waals surface area contributed by atoms with E-state index in [1.54, 1.807) is 13.3 Å². The maximum absolute atomic E-state index is 5.68. The van der Waals surface area contributed by atoms with Gasteiger partial charge in [0, 0.05) is 17.7 Å². The summed E-state index contributed by atoms with van der Waals surface area (Å²) in [5.74, 6) is 3.22. The van der Waals surface area contributed by atoms with Gasteiger partial charge in [0.15, 0.2) is 0 Å². The number of anilines is 1. The van der Waals surface area contributed by atoms with Crippen LogP contribution in [-0.2, 0) is 5.41 Å². The molecule has 0 bridgehead atoms. The van der Waals surface area contributed by atoms with Crippen molar-refractivity contribution in [1.82, 2.24) is 9.97 Å². The molecule has 2 rings (SSSR count). The van der Waals surface area contributed by atoms with Crippen molar-refractivity contribution >= 4 is 5.82 Å². The number of hydrogen-bond donors (Lipinski definition) is 1. The molecule has 0 amide bonds. The monoisotopic (exact) mass is 301 g/mol. The van der Waals surface area contributed by atoms with E-state index < -0.39 is 0 Å². The minimum Gasteiger partial charge on any atom is -0.497 e. The van der Waals surface area contributed by atoms with E-state index in [4.69, 9.17) is 9.47 Å². The van der Waals surface area contributed by atoms with Crippen molar-refractivity contribution < 1.29 is 9.47 Å². The molecule has 1 N–H and O–H groups in total. The Bertz CT molecular complexity index is 609. The van der Waals surface area contributed by atoms with E-state index in [-0.39, 0.29) is 5.41 Å². The smallest absolute Gasteiger partial charge is 0.135 e. The van der Waals surface area contributed by atoms with Gasteiger partial charge in [-0.1, -0.05) is 26.8 Å². The van der Waals surface area contributed by atoms with Gasteiger partial charge in [0.05, 0.1) is 13.7 Å². The van der Waals surface area contributed by atoms with E-state index in [9.17, 15) is 0 Å². The van der Waals surface area contributed by atoms with Crippen LogP contribution in [0.1, 0.15) is 26.6 Å². The summed E-state index contributed by atoms with van der Waals surface area (Å²) in [5, 5.41) is 3.25. The van der Waals surface area contributed by atoms with Gasteiger partial charge in [0.1, 0.15) is 29.7 Å². The Morgan fingerprint density at radius 3 is 2.64 bits per heavy atom. The molecular formula is C17H23N3O2. The Balaban J connectivity index is 1.84. The van der Waals surface area contributed by atoms with Crippen LogP contribution in [-0.4, -0.2) is 30.2 Å². The summed E-state index contributed by atoms with van der Waals surface area (Å²) in [5.41, 5.74) is -0.0607. The van der Waals surface area contributed by atoms with E-state index in [1.165, 1.54) is 0 Å². The summed E-state index contributed by atoms with van der Waals surface area (Å²) >= 11 is 0. The largest absolute Gasteiger partial charge is 0.497 e. The van der Waals surface area contributed by atoms with E-state index >= 15 is 0 Å². The molecule has 118 valence electrons. The number of nitrogens with zero attached hydrogens (tertiary/aromatic N) is 2. The molecule has 0 saturated heterocycles. The van der Waals surface area contributed by atoms with Crippen LogP contribution < -0.4 is 14.8 Å². The molecule has 22 heavy (non-hydrogen) atoms. The lowest BCUT2D eigenvalue weighted by Crippen LogP contribution is -2.18. The SMILES string of the molecule is COc1cccc(OCCNc2ccnc(C(C)(C)C)n2)c1. The molecule has 0 fully saturated rings. The van der Waals surface area contributed by atoms with Crippen molar-refractivity contribution in [3.63, 3.8) is 0 Å². The molecule has 5 nitrogen and oxygen atoms in total. The molecule has 0 aliphatic heterocycles. The molecular weight excluding hydrogens is 278 g/mol. The lowest BCUT2D eigenvalue weighted by Gasteiger charge is -2.17. The minimum absolute atomic E-state index is 0.0607. The van der Waals surface area contributed by atoms with Gasteiger partial charge in [-0.3, -0.25) is 0 Å².